The fourth-order valence-electron chi connectivity index (χ4n) is 1.91. The number of carbonyl (C=O) groups is 1. The van der Waals surface area contributed by atoms with E-state index in [4.69, 9.17) is 9.47 Å². The molecule has 0 aliphatic rings. The number of aromatic amines is 1. The first-order valence-corrected chi connectivity index (χ1v) is 8.09. The molecule has 0 atom stereocenters. The maximum atomic E-state index is 12.0. The summed E-state index contributed by atoms with van der Waals surface area (Å²) in [7, 11) is 0. The second-order valence-corrected chi connectivity index (χ2v) is 5.58. The third-order valence-electron chi connectivity index (χ3n) is 2.88. The average Bonchev–Trinajstić information content (AvgIpc) is 2.94. The second kappa shape index (κ2) is 8.02. The Bertz CT molecular complexity index is 643. The minimum atomic E-state index is -0.186. The van der Waals surface area contributed by atoms with E-state index in [-0.39, 0.29) is 5.91 Å². The highest BCUT2D eigenvalue weighted by molar-refractivity contribution is 14.1. The van der Waals surface area contributed by atoms with Crippen LogP contribution >= 0.6 is 22.6 Å². The van der Waals surface area contributed by atoms with Crippen LogP contribution < -0.4 is 14.8 Å². The van der Waals surface area contributed by atoms with Crippen molar-refractivity contribution < 1.29 is 14.3 Å². The molecular formula is C15H18IN3O3. The minimum absolute atomic E-state index is 0.186. The zero-order valence-corrected chi connectivity index (χ0v) is 14.6. The predicted molar refractivity (Wildman–Crippen MR) is 91.3 cm³/mol. The van der Waals surface area contributed by atoms with Crippen LogP contribution in [0.2, 0.25) is 0 Å². The van der Waals surface area contributed by atoms with Gasteiger partial charge in [0, 0.05) is 6.54 Å². The van der Waals surface area contributed by atoms with Gasteiger partial charge in [0.05, 0.1) is 23.0 Å². The summed E-state index contributed by atoms with van der Waals surface area (Å²) in [6.45, 7) is 5.39. The lowest BCUT2D eigenvalue weighted by molar-refractivity contribution is 0.0945. The third kappa shape index (κ3) is 4.12. The quantitative estimate of drug-likeness (QED) is 0.682. The largest absolute Gasteiger partial charge is 0.490 e. The molecule has 0 saturated heterocycles. The molecule has 0 spiro atoms. The number of hydrogen-bond donors (Lipinski definition) is 2. The van der Waals surface area contributed by atoms with E-state index in [1.807, 2.05) is 32.0 Å². The Labute approximate surface area is 142 Å². The van der Waals surface area contributed by atoms with Gasteiger partial charge in [-0.05, 0) is 54.1 Å². The topological polar surface area (TPSA) is 76.2 Å². The van der Waals surface area contributed by atoms with Crippen molar-refractivity contribution in [1.29, 1.82) is 0 Å². The highest BCUT2D eigenvalue weighted by Crippen LogP contribution is 2.28. The van der Waals surface area contributed by atoms with Crippen LogP contribution in [0.4, 0.5) is 0 Å². The monoisotopic (exact) mass is 415 g/mol. The van der Waals surface area contributed by atoms with Gasteiger partial charge in [0.1, 0.15) is 5.69 Å². The molecule has 22 heavy (non-hydrogen) atoms. The summed E-state index contributed by atoms with van der Waals surface area (Å²) in [4.78, 5) is 12.0. The number of carbonyl (C=O) groups excluding carboxylic acids is 1. The van der Waals surface area contributed by atoms with Gasteiger partial charge in [0.25, 0.3) is 5.91 Å². The maximum Gasteiger partial charge on any atom is 0.270 e. The van der Waals surface area contributed by atoms with Crippen LogP contribution in [0.3, 0.4) is 0 Å². The van der Waals surface area contributed by atoms with E-state index in [1.54, 1.807) is 6.20 Å². The predicted octanol–water partition coefficient (Wildman–Crippen LogP) is 2.74. The minimum Gasteiger partial charge on any atom is -0.490 e. The average molecular weight is 415 g/mol. The van der Waals surface area contributed by atoms with Gasteiger partial charge in [-0.3, -0.25) is 9.89 Å². The van der Waals surface area contributed by atoms with E-state index in [1.165, 1.54) is 0 Å². The Hall–Kier alpha value is -1.77. The number of hydrogen-bond acceptors (Lipinski definition) is 4. The van der Waals surface area contributed by atoms with Crippen LogP contribution in [0, 0.1) is 3.57 Å². The number of benzene rings is 1. The van der Waals surface area contributed by atoms with Crippen molar-refractivity contribution in [3.05, 3.63) is 39.2 Å². The van der Waals surface area contributed by atoms with Crippen LogP contribution in [0.5, 0.6) is 11.5 Å². The van der Waals surface area contributed by atoms with Crippen molar-refractivity contribution in [3.8, 4) is 11.5 Å². The van der Waals surface area contributed by atoms with Gasteiger partial charge in [-0.1, -0.05) is 6.07 Å². The van der Waals surface area contributed by atoms with E-state index in [0.717, 1.165) is 9.13 Å². The first-order chi connectivity index (χ1) is 10.7. The van der Waals surface area contributed by atoms with Crippen LogP contribution in [-0.2, 0) is 6.54 Å². The Morgan fingerprint density at radius 1 is 1.27 bits per heavy atom. The lowest BCUT2D eigenvalue weighted by Crippen LogP contribution is -2.24. The SMILES string of the molecule is CCOc1ccc(CNC(=O)c2[nH]ncc2I)cc1OCC. The summed E-state index contributed by atoms with van der Waals surface area (Å²) in [5.74, 6) is 1.21. The fourth-order valence-corrected chi connectivity index (χ4v) is 2.41. The van der Waals surface area contributed by atoms with Crippen molar-refractivity contribution in [3.63, 3.8) is 0 Å². The first-order valence-electron chi connectivity index (χ1n) is 7.01. The molecule has 0 unspecified atom stereocenters. The van der Waals surface area contributed by atoms with Crippen molar-refractivity contribution in [2.24, 2.45) is 0 Å². The molecule has 1 heterocycles. The number of H-pyrrole nitrogens is 1. The second-order valence-electron chi connectivity index (χ2n) is 4.42. The molecule has 0 aliphatic heterocycles. The summed E-state index contributed by atoms with van der Waals surface area (Å²) in [5, 5.41) is 9.37. The first kappa shape index (κ1) is 16.6. The van der Waals surface area contributed by atoms with Gasteiger partial charge < -0.3 is 14.8 Å². The molecule has 2 rings (SSSR count). The maximum absolute atomic E-state index is 12.0. The number of nitrogens with one attached hydrogen (secondary N) is 2. The molecule has 0 saturated carbocycles. The Kier molecular flexibility index (Phi) is 6.05. The zero-order valence-electron chi connectivity index (χ0n) is 12.5. The lowest BCUT2D eigenvalue weighted by atomic mass is 10.2. The van der Waals surface area contributed by atoms with Gasteiger partial charge >= 0.3 is 0 Å². The van der Waals surface area contributed by atoms with Crippen molar-refractivity contribution in [2.45, 2.75) is 20.4 Å². The molecule has 1 aromatic carbocycles. The molecule has 0 radical (unpaired) electrons. The van der Waals surface area contributed by atoms with Crippen molar-refractivity contribution >= 4 is 28.5 Å². The van der Waals surface area contributed by atoms with E-state index >= 15 is 0 Å². The zero-order chi connectivity index (χ0) is 15.9. The van der Waals surface area contributed by atoms with E-state index < -0.39 is 0 Å². The fraction of sp³-hybridized carbons (Fsp3) is 0.333. The van der Waals surface area contributed by atoms with Crippen LogP contribution in [-0.4, -0.2) is 29.3 Å². The molecule has 0 fully saturated rings. The summed E-state index contributed by atoms with van der Waals surface area (Å²) in [6.07, 6.45) is 1.61. The third-order valence-corrected chi connectivity index (χ3v) is 3.70. The smallest absolute Gasteiger partial charge is 0.270 e. The van der Waals surface area contributed by atoms with Crippen LogP contribution in [0.1, 0.15) is 29.9 Å². The lowest BCUT2D eigenvalue weighted by Gasteiger charge is -2.12. The van der Waals surface area contributed by atoms with E-state index in [0.29, 0.717) is 37.0 Å². The molecule has 7 heteroatoms. The van der Waals surface area contributed by atoms with Crippen molar-refractivity contribution in [1.82, 2.24) is 15.5 Å². The summed E-state index contributed by atoms with van der Waals surface area (Å²) >= 11 is 2.06. The van der Waals surface area contributed by atoms with Gasteiger partial charge in [-0.25, -0.2) is 0 Å². The van der Waals surface area contributed by atoms with E-state index in [9.17, 15) is 4.79 Å². The Morgan fingerprint density at radius 3 is 2.64 bits per heavy atom. The molecule has 1 amide bonds. The summed E-state index contributed by atoms with van der Waals surface area (Å²) < 4.78 is 11.9. The standard InChI is InChI=1S/C15H18IN3O3/c1-3-21-12-6-5-10(7-13(12)22-4-2)8-17-15(20)14-11(16)9-18-19-14/h5-7,9H,3-4,8H2,1-2H3,(H,17,20)(H,18,19). The number of nitrogens with zero attached hydrogens (tertiary/aromatic N) is 1. The number of amides is 1. The molecule has 2 N–H and O–H groups in total. The van der Waals surface area contributed by atoms with Crippen molar-refractivity contribution in [2.75, 3.05) is 13.2 Å². The van der Waals surface area contributed by atoms with Crippen LogP contribution in [0.15, 0.2) is 24.4 Å². The molecule has 2 aromatic rings. The summed E-state index contributed by atoms with van der Waals surface area (Å²) in [6, 6.07) is 5.65. The highest BCUT2D eigenvalue weighted by Gasteiger charge is 2.12. The molecule has 1 aromatic heterocycles. The molecule has 0 bridgehead atoms. The Morgan fingerprint density at radius 2 is 2.00 bits per heavy atom. The van der Waals surface area contributed by atoms with Gasteiger partial charge in [0.15, 0.2) is 11.5 Å². The number of rotatable bonds is 7. The molecule has 118 valence electrons. The molecular weight excluding hydrogens is 397 g/mol. The summed E-state index contributed by atoms with van der Waals surface area (Å²) in [5.41, 5.74) is 1.41. The number of halogens is 1. The number of aromatic nitrogens is 2. The highest BCUT2D eigenvalue weighted by atomic mass is 127. The molecule has 0 aliphatic carbocycles. The van der Waals surface area contributed by atoms with Crippen LogP contribution in [0.25, 0.3) is 0 Å². The van der Waals surface area contributed by atoms with Gasteiger partial charge in [0.2, 0.25) is 0 Å². The van der Waals surface area contributed by atoms with Gasteiger partial charge in [-0.15, -0.1) is 0 Å². The Balaban J connectivity index is 2.05. The van der Waals surface area contributed by atoms with E-state index in [2.05, 4.69) is 38.1 Å². The normalized spacial score (nSPS) is 10.3. The number of ether oxygens (including phenoxy) is 2. The van der Waals surface area contributed by atoms with Gasteiger partial charge in [-0.2, -0.15) is 5.10 Å². The molecule has 6 nitrogen and oxygen atoms in total.